The molecule has 0 bridgehead atoms. The molecule has 1 fully saturated rings. The van der Waals surface area contributed by atoms with Gasteiger partial charge in [0.15, 0.2) is 5.82 Å². The minimum Gasteiger partial charge on any atom is -0.495 e. The molecule has 0 spiro atoms. The molecule has 166 valence electrons. The highest BCUT2D eigenvalue weighted by Gasteiger charge is 2.15. The molecular formula is C23H23BrClN5O2. The molecule has 0 radical (unpaired) electrons. The second kappa shape index (κ2) is 10.2. The maximum absolute atomic E-state index is 6.35. The lowest BCUT2D eigenvalue weighted by molar-refractivity contribution is 0.122. The van der Waals surface area contributed by atoms with Gasteiger partial charge in [0.2, 0.25) is 5.95 Å². The van der Waals surface area contributed by atoms with Crippen molar-refractivity contribution in [1.82, 2.24) is 9.97 Å². The normalized spacial score (nSPS) is 13.5. The minimum atomic E-state index is 0.394. The summed E-state index contributed by atoms with van der Waals surface area (Å²) in [5, 5.41) is 6.86. The molecule has 0 saturated carbocycles. The Bertz CT molecular complexity index is 1120. The van der Waals surface area contributed by atoms with Gasteiger partial charge in [0.25, 0.3) is 0 Å². The quantitative estimate of drug-likeness (QED) is 0.407. The Balaban J connectivity index is 1.54. The van der Waals surface area contributed by atoms with E-state index in [1.807, 2.05) is 30.3 Å². The van der Waals surface area contributed by atoms with E-state index in [1.165, 1.54) is 0 Å². The maximum atomic E-state index is 6.35. The van der Waals surface area contributed by atoms with Crippen molar-refractivity contribution in [3.63, 3.8) is 0 Å². The van der Waals surface area contributed by atoms with Crippen LogP contribution >= 0.6 is 27.5 Å². The molecule has 4 rings (SSSR count). The highest BCUT2D eigenvalue weighted by Crippen LogP contribution is 2.33. The molecule has 0 aliphatic carbocycles. The summed E-state index contributed by atoms with van der Waals surface area (Å²) >= 11 is 10.0. The molecule has 1 saturated heterocycles. The zero-order valence-electron chi connectivity index (χ0n) is 17.6. The fourth-order valence-electron chi connectivity index (χ4n) is 3.37. The van der Waals surface area contributed by atoms with Crippen molar-refractivity contribution >= 4 is 62.4 Å². The summed E-state index contributed by atoms with van der Waals surface area (Å²) in [5.41, 5.74) is 3.66. The maximum Gasteiger partial charge on any atom is 0.229 e. The number of nitrogens with zero attached hydrogens (tertiary/aromatic N) is 3. The molecule has 2 aromatic carbocycles. The van der Waals surface area contributed by atoms with E-state index >= 15 is 0 Å². The van der Waals surface area contributed by atoms with E-state index in [4.69, 9.17) is 21.1 Å². The van der Waals surface area contributed by atoms with Crippen molar-refractivity contribution in [2.24, 2.45) is 0 Å². The highest BCUT2D eigenvalue weighted by atomic mass is 79.9. The van der Waals surface area contributed by atoms with Gasteiger partial charge in [-0.3, -0.25) is 0 Å². The smallest absolute Gasteiger partial charge is 0.229 e. The van der Waals surface area contributed by atoms with Crippen LogP contribution in [0.15, 0.2) is 53.6 Å². The first-order valence-corrected chi connectivity index (χ1v) is 11.2. The third-order valence-electron chi connectivity index (χ3n) is 5.01. The molecule has 1 aromatic heterocycles. The molecule has 2 N–H and O–H groups in total. The summed E-state index contributed by atoms with van der Waals surface area (Å²) in [4.78, 5) is 11.2. The molecule has 0 unspecified atom stereocenters. The average molecular weight is 517 g/mol. The molecule has 0 atom stereocenters. The van der Waals surface area contributed by atoms with E-state index in [-0.39, 0.29) is 0 Å². The van der Waals surface area contributed by atoms with Crippen molar-refractivity contribution in [2.45, 2.75) is 0 Å². The first-order chi connectivity index (χ1) is 15.6. The highest BCUT2D eigenvalue weighted by molar-refractivity contribution is 9.10. The van der Waals surface area contributed by atoms with E-state index in [0.29, 0.717) is 22.5 Å². The predicted molar refractivity (Wildman–Crippen MR) is 134 cm³/mol. The van der Waals surface area contributed by atoms with Crippen LogP contribution in [0.2, 0.25) is 5.02 Å². The molecule has 0 amide bonds. The lowest BCUT2D eigenvalue weighted by atomic mass is 10.2. The number of hydrogen-bond acceptors (Lipinski definition) is 7. The number of nitrogens with one attached hydrogen (secondary N) is 2. The Labute approximate surface area is 200 Å². The third kappa shape index (κ3) is 5.15. The zero-order chi connectivity index (χ0) is 22.5. The predicted octanol–water partition coefficient (Wildman–Crippen LogP) is 5.87. The molecule has 2 heterocycles. The van der Waals surface area contributed by atoms with Crippen LogP contribution in [0.1, 0.15) is 5.56 Å². The summed E-state index contributed by atoms with van der Waals surface area (Å²) in [6, 6.07) is 11.8. The Morgan fingerprint density at radius 1 is 1.19 bits per heavy atom. The van der Waals surface area contributed by atoms with Crippen molar-refractivity contribution < 1.29 is 9.47 Å². The number of hydrogen-bond donors (Lipinski definition) is 2. The van der Waals surface area contributed by atoms with E-state index in [1.54, 1.807) is 19.4 Å². The Kier molecular flexibility index (Phi) is 7.14. The fraction of sp³-hybridized carbons (Fsp3) is 0.217. The van der Waals surface area contributed by atoms with Crippen LogP contribution in [0.4, 0.5) is 28.8 Å². The van der Waals surface area contributed by atoms with Crippen LogP contribution in [0.25, 0.3) is 6.08 Å². The van der Waals surface area contributed by atoms with Crippen LogP contribution in [0.5, 0.6) is 5.75 Å². The van der Waals surface area contributed by atoms with E-state index in [2.05, 4.69) is 54.1 Å². The topological polar surface area (TPSA) is 71.5 Å². The molecular weight excluding hydrogens is 494 g/mol. The molecule has 1 aliphatic heterocycles. The average Bonchev–Trinajstić information content (AvgIpc) is 2.82. The van der Waals surface area contributed by atoms with Gasteiger partial charge in [0.05, 0.1) is 37.9 Å². The lowest BCUT2D eigenvalue weighted by Crippen LogP contribution is -2.36. The first-order valence-electron chi connectivity index (χ1n) is 10.1. The van der Waals surface area contributed by atoms with Crippen molar-refractivity contribution in [2.75, 3.05) is 48.9 Å². The van der Waals surface area contributed by atoms with Crippen LogP contribution in [0, 0.1) is 0 Å². The zero-order valence-corrected chi connectivity index (χ0v) is 19.9. The molecule has 1 aliphatic rings. The Morgan fingerprint density at radius 2 is 2.00 bits per heavy atom. The summed E-state index contributed by atoms with van der Waals surface area (Å²) in [6.07, 6.45) is 3.32. The Hall–Kier alpha value is -2.81. The number of halogens is 2. The lowest BCUT2D eigenvalue weighted by Gasteiger charge is -2.29. The van der Waals surface area contributed by atoms with E-state index in [0.717, 1.165) is 53.4 Å². The van der Waals surface area contributed by atoms with Crippen LogP contribution in [0.3, 0.4) is 0 Å². The van der Waals surface area contributed by atoms with Crippen LogP contribution < -0.4 is 20.3 Å². The molecule has 3 aromatic rings. The van der Waals surface area contributed by atoms with Gasteiger partial charge in [-0.05, 0) is 51.8 Å². The number of rotatable bonds is 7. The van der Waals surface area contributed by atoms with Crippen molar-refractivity contribution in [3.8, 4) is 5.75 Å². The SMILES string of the molecule is C=Cc1ccc(OC)c(Nc2nc(Nc3ccc(N4CCOCC4)c(Br)c3)ncc2Cl)c1. The van der Waals surface area contributed by atoms with E-state index < -0.39 is 0 Å². The number of aromatic nitrogens is 2. The second-order valence-corrected chi connectivity index (χ2v) is 8.33. The van der Waals surface area contributed by atoms with Gasteiger partial charge in [0.1, 0.15) is 10.8 Å². The monoisotopic (exact) mass is 515 g/mol. The van der Waals surface area contributed by atoms with Gasteiger partial charge >= 0.3 is 0 Å². The second-order valence-electron chi connectivity index (χ2n) is 7.07. The van der Waals surface area contributed by atoms with Crippen LogP contribution in [-0.2, 0) is 4.74 Å². The third-order valence-corrected chi connectivity index (χ3v) is 5.92. The van der Waals surface area contributed by atoms with Crippen molar-refractivity contribution in [1.29, 1.82) is 0 Å². The van der Waals surface area contributed by atoms with E-state index in [9.17, 15) is 0 Å². The number of methoxy groups -OCH3 is 1. The molecule has 9 heteroatoms. The summed E-state index contributed by atoms with van der Waals surface area (Å²) in [5.74, 6) is 1.55. The van der Waals surface area contributed by atoms with Gasteiger partial charge in [0, 0.05) is 23.2 Å². The van der Waals surface area contributed by atoms with Crippen LogP contribution in [-0.4, -0.2) is 43.4 Å². The largest absolute Gasteiger partial charge is 0.495 e. The van der Waals surface area contributed by atoms with Gasteiger partial charge in [-0.25, -0.2) is 4.98 Å². The Morgan fingerprint density at radius 3 is 2.72 bits per heavy atom. The fourth-order valence-corrected chi connectivity index (χ4v) is 4.14. The first kappa shape index (κ1) is 22.4. The standard InChI is InChI=1S/C23H23BrClN5O2/c1-3-15-4-7-21(31-2)19(12-15)28-22-18(25)14-26-23(29-22)27-16-5-6-20(17(24)13-16)30-8-10-32-11-9-30/h3-7,12-14H,1,8-11H2,2H3,(H2,26,27,28,29). The summed E-state index contributed by atoms with van der Waals surface area (Å²) < 4.78 is 11.9. The molecule has 7 nitrogen and oxygen atoms in total. The van der Waals surface area contributed by atoms with Gasteiger partial charge in [-0.2, -0.15) is 4.98 Å². The number of morpholine rings is 1. The number of anilines is 5. The van der Waals surface area contributed by atoms with Gasteiger partial charge in [-0.1, -0.05) is 30.3 Å². The minimum absolute atomic E-state index is 0.394. The van der Waals surface area contributed by atoms with Gasteiger partial charge in [-0.15, -0.1) is 0 Å². The summed E-state index contributed by atoms with van der Waals surface area (Å²) in [6.45, 7) is 7.03. The molecule has 32 heavy (non-hydrogen) atoms. The van der Waals surface area contributed by atoms with Gasteiger partial charge < -0.3 is 25.0 Å². The van der Waals surface area contributed by atoms with Crippen molar-refractivity contribution in [3.05, 3.63) is 64.2 Å². The number of ether oxygens (including phenoxy) is 2. The number of benzene rings is 2. The summed E-state index contributed by atoms with van der Waals surface area (Å²) in [7, 11) is 1.61.